The van der Waals surface area contributed by atoms with Crippen LogP contribution in [0.1, 0.15) is 21.7 Å². The molecule has 8 heteroatoms. The number of benzene rings is 1. The highest BCUT2D eigenvalue weighted by Gasteiger charge is 2.16. The molecular weight excluding hydrogens is 360 g/mol. The molecule has 0 atom stereocenters. The molecular formula is C13H12BrClN4O2. The Kier molecular flexibility index (Phi) is 4.64. The fourth-order valence-electron chi connectivity index (χ4n) is 1.82. The Balaban J connectivity index is 2.29. The van der Waals surface area contributed by atoms with Crippen LogP contribution in [0.2, 0.25) is 5.02 Å². The Morgan fingerprint density at radius 3 is 2.76 bits per heavy atom. The Morgan fingerprint density at radius 2 is 2.14 bits per heavy atom. The number of carbonyl (C=O) groups is 1. The summed E-state index contributed by atoms with van der Waals surface area (Å²) in [7, 11) is 0. The fourth-order valence-corrected chi connectivity index (χ4v) is 2.62. The monoisotopic (exact) mass is 370 g/mol. The Bertz CT molecular complexity index is 709. The number of primary amides is 1. The summed E-state index contributed by atoms with van der Waals surface area (Å²) >= 11 is 9.20. The highest BCUT2D eigenvalue weighted by Crippen LogP contribution is 2.28. The number of halogens is 2. The quantitative estimate of drug-likeness (QED) is 0.859. The van der Waals surface area contributed by atoms with E-state index in [0.717, 1.165) is 0 Å². The summed E-state index contributed by atoms with van der Waals surface area (Å²) in [6, 6.07) is 5.09. The van der Waals surface area contributed by atoms with Crippen molar-refractivity contribution < 1.29 is 9.53 Å². The van der Waals surface area contributed by atoms with Crippen LogP contribution >= 0.6 is 27.5 Å². The van der Waals surface area contributed by atoms with Crippen LogP contribution in [0.25, 0.3) is 0 Å². The van der Waals surface area contributed by atoms with Crippen LogP contribution in [0, 0.1) is 6.92 Å². The highest BCUT2D eigenvalue weighted by atomic mass is 79.9. The second-order valence-corrected chi connectivity index (χ2v) is 5.51. The normalized spacial score (nSPS) is 10.4. The van der Waals surface area contributed by atoms with Gasteiger partial charge in [0.1, 0.15) is 12.4 Å². The van der Waals surface area contributed by atoms with Crippen molar-refractivity contribution in [1.82, 2.24) is 9.97 Å². The molecule has 0 radical (unpaired) electrons. The van der Waals surface area contributed by atoms with Gasteiger partial charge in [0.05, 0.1) is 21.4 Å². The van der Waals surface area contributed by atoms with Crippen LogP contribution in [0.3, 0.4) is 0 Å². The predicted molar refractivity (Wildman–Crippen MR) is 83.2 cm³/mol. The Labute approximate surface area is 134 Å². The van der Waals surface area contributed by atoms with E-state index >= 15 is 0 Å². The first-order chi connectivity index (χ1) is 9.88. The lowest BCUT2D eigenvalue weighted by atomic mass is 10.1. The molecule has 0 saturated carbocycles. The number of hydrogen-bond acceptors (Lipinski definition) is 5. The van der Waals surface area contributed by atoms with Gasteiger partial charge in [-0.1, -0.05) is 11.6 Å². The maximum Gasteiger partial charge on any atom is 0.252 e. The maximum absolute atomic E-state index is 11.5. The molecule has 0 saturated heterocycles. The van der Waals surface area contributed by atoms with E-state index in [1.165, 1.54) is 0 Å². The van der Waals surface area contributed by atoms with E-state index in [2.05, 4.69) is 25.9 Å². The molecule has 0 unspecified atom stereocenters. The number of anilines is 1. The summed E-state index contributed by atoms with van der Waals surface area (Å²) in [6.07, 6.45) is 0. The molecule has 2 rings (SSSR count). The van der Waals surface area contributed by atoms with Crippen molar-refractivity contribution in [3.05, 3.63) is 44.6 Å². The van der Waals surface area contributed by atoms with E-state index in [1.54, 1.807) is 25.1 Å². The molecule has 21 heavy (non-hydrogen) atoms. The van der Waals surface area contributed by atoms with Gasteiger partial charge in [0, 0.05) is 5.02 Å². The zero-order valence-electron chi connectivity index (χ0n) is 11.1. The van der Waals surface area contributed by atoms with Gasteiger partial charge in [0.15, 0.2) is 0 Å². The van der Waals surface area contributed by atoms with Gasteiger partial charge in [-0.15, -0.1) is 0 Å². The smallest absolute Gasteiger partial charge is 0.252 e. The van der Waals surface area contributed by atoms with E-state index in [4.69, 9.17) is 27.8 Å². The van der Waals surface area contributed by atoms with E-state index in [0.29, 0.717) is 26.6 Å². The molecule has 0 fully saturated rings. The second-order valence-electron chi connectivity index (χ2n) is 4.22. The van der Waals surface area contributed by atoms with Crippen LogP contribution < -0.4 is 16.2 Å². The molecule has 0 aliphatic heterocycles. The SMILES string of the molecule is Cc1nc(N)nc(COc2ccc(Cl)cc2Br)c1C(N)=O. The van der Waals surface area contributed by atoms with E-state index < -0.39 is 5.91 Å². The van der Waals surface area contributed by atoms with Crippen LogP contribution in [0.4, 0.5) is 5.95 Å². The topological polar surface area (TPSA) is 104 Å². The summed E-state index contributed by atoms with van der Waals surface area (Å²) in [4.78, 5) is 19.4. The average Bonchev–Trinajstić information content (AvgIpc) is 2.36. The van der Waals surface area contributed by atoms with Crippen LogP contribution in [0.5, 0.6) is 5.75 Å². The summed E-state index contributed by atoms with van der Waals surface area (Å²) in [5, 5.41) is 0.578. The standard InChI is InChI=1S/C13H12BrClN4O2/c1-6-11(12(16)20)9(19-13(17)18-6)5-21-10-3-2-7(15)4-8(10)14/h2-4H,5H2,1H3,(H2,16,20)(H2,17,18,19). The molecule has 1 aromatic carbocycles. The van der Waals surface area contributed by atoms with Crippen molar-refractivity contribution in [2.24, 2.45) is 5.73 Å². The number of nitrogens with zero attached hydrogens (tertiary/aromatic N) is 2. The summed E-state index contributed by atoms with van der Waals surface area (Å²) in [5.41, 5.74) is 11.9. The van der Waals surface area contributed by atoms with Gasteiger partial charge in [-0.2, -0.15) is 0 Å². The van der Waals surface area contributed by atoms with Crippen molar-refractivity contribution in [3.8, 4) is 5.75 Å². The lowest BCUT2D eigenvalue weighted by Gasteiger charge is -2.12. The average molecular weight is 372 g/mol. The molecule has 4 N–H and O–H groups in total. The van der Waals surface area contributed by atoms with Gasteiger partial charge >= 0.3 is 0 Å². The third kappa shape index (κ3) is 3.62. The number of nitrogen functional groups attached to an aromatic ring is 1. The van der Waals surface area contributed by atoms with Crippen molar-refractivity contribution >= 4 is 39.4 Å². The minimum absolute atomic E-state index is 0.0338. The van der Waals surface area contributed by atoms with Crippen molar-refractivity contribution in [3.63, 3.8) is 0 Å². The minimum atomic E-state index is -0.624. The molecule has 0 bridgehead atoms. The van der Waals surface area contributed by atoms with Gasteiger partial charge in [0.25, 0.3) is 5.91 Å². The van der Waals surface area contributed by atoms with Crippen LogP contribution in [-0.4, -0.2) is 15.9 Å². The van der Waals surface area contributed by atoms with E-state index in [9.17, 15) is 4.79 Å². The number of hydrogen-bond donors (Lipinski definition) is 2. The first-order valence-corrected chi connectivity index (χ1v) is 7.06. The number of ether oxygens (including phenoxy) is 1. The Hall–Kier alpha value is -1.86. The van der Waals surface area contributed by atoms with E-state index in [1.807, 2.05) is 0 Å². The fraction of sp³-hybridized carbons (Fsp3) is 0.154. The number of rotatable bonds is 4. The summed E-state index contributed by atoms with van der Waals surface area (Å²) in [5.74, 6) is -0.00259. The molecule has 110 valence electrons. The zero-order valence-corrected chi connectivity index (χ0v) is 13.4. The molecule has 0 spiro atoms. The van der Waals surface area contributed by atoms with Crippen LogP contribution in [-0.2, 0) is 6.61 Å². The summed E-state index contributed by atoms with van der Waals surface area (Å²) in [6.45, 7) is 1.67. The molecule has 2 aromatic rings. The number of aromatic nitrogens is 2. The van der Waals surface area contributed by atoms with Gasteiger partial charge < -0.3 is 16.2 Å². The number of carbonyl (C=O) groups excluding carboxylic acids is 1. The third-order valence-electron chi connectivity index (χ3n) is 2.69. The van der Waals surface area contributed by atoms with Crippen LogP contribution in [0.15, 0.2) is 22.7 Å². The first kappa shape index (κ1) is 15.5. The van der Waals surface area contributed by atoms with Gasteiger partial charge in [-0.25, -0.2) is 9.97 Å². The predicted octanol–water partition coefficient (Wildman–Crippen LogP) is 2.46. The molecule has 0 aliphatic carbocycles. The van der Waals surface area contributed by atoms with Crippen molar-refractivity contribution in [2.45, 2.75) is 13.5 Å². The number of aryl methyl sites for hydroxylation is 1. The molecule has 1 aromatic heterocycles. The van der Waals surface area contributed by atoms with Gasteiger partial charge in [-0.3, -0.25) is 4.79 Å². The van der Waals surface area contributed by atoms with E-state index in [-0.39, 0.29) is 18.1 Å². The molecule has 1 amide bonds. The minimum Gasteiger partial charge on any atom is -0.486 e. The lowest BCUT2D eigenvalue weighted by molar-refractivity contribution is 0.0996. The third-order valence-corrected chi connectivity index (χ3v) is 3.54. The van der Waals surface area contributed by atoms with Gasteiger partial charge in [0.2, 0.25) is 5.95 Å². The van der Waals surface area contributed by atoms with Crippen molar-refractivity contribution in [1.29, 1.82) is 0 Å². The number of nitrogens with two attached hydrogens (primary N) is 2. The molecule has 1 heterocycles. The Morgan fingerprint density at radius 1 is 1.43 bits per heavy atom. The van der Waals surface area contributed by atoms with Crippen molar-refractivity contribution in [2.75, 3.05) is 5.73 Å². The second kappa shape index (κ2) is 6.28. The first-order valence-electron chi connectivity index (χ1n) is 5.89. The number of amides is 1. The summed E-state index contributed by atoms with van der Waals surface area (Å²) < 4.78 is 6.31. The lowest BCUT2D eigenvalue weighted by Crippen LogP contribution is -2.20. The highest BCUT2D eigenvalue weighted by molar-refractivity contribution is 9.10. The maximum atomic E-state index is 11.5. The molecule has 6 nitrogen and oxygen atoms in total. The zero-order chi connectivity index (χ0) is 15.6. The van der Waals surface area contributed by atoms with Gasteiger partial charge in [-0.05, 0) is 41.1 Å². The largest absolute Gasteiger partial charge is 0.486 e. The molecule has 0 aliphatic rings.